The normalized spacial score (nSPS) is 11.1. The Hall–Kier alpha value is -2.24. The zero-order valence-electron chi connectivity index (χ0n) is 9.85. The lowest BCUT2D eigenvalue weighted by Gasteiger charge is -2.04. The molecule has 0 atom stereocenters. The molecule has 1 rings (SSSR count). The number of ketones is 1. The maximum absolute atomic E-state index is 12.7. The highest BCUT2D eigenvalue weighted by Crippen LogP contribution is 2.05. The second-order valence-electron chi connectivity index (χ2n) is 3.42. The van der Waals surface area contributed by atoms with Gasteiger partial charge in [0.25, 0.3) is 0 Å². The second kappa shape index (κ2) is 6.48. The molecule has 6 heteroatoms. The van der Waals surface area contributed by atoms with E-state index in [-0.39, 0.29) is 13.0 Å². The Morgan fingerprint density at radius 3 is 2.44 bits per heavy atom. The molecule has 0 fully saturated rings. The number of nitrogens with zero attached hydrogens (tertiary/aromatic N) is 1. The first-order chi connectivity index (χ1) is 8.58. The van der Waals surface area contributed by atoms with Crippen molar-refractivity contribution in [1.29, 1.82) is 0 Å². The van der Waals surface area contributed by atoms with E-state index in [1.165, 1.54) is 24.3 Å². The molecule has 0 heterocycles. The van der Waals surface area contributed by atoms with Gasteiger partial charge in [0.2, 0.25) is 5.71 Å². The number of hydrogen-bond acceptors (Lipinski definition) is 5. The molecule has 2 N–H and O–H groups in total. The van der Waals surface area contributed by atoms with E-state index in [9.17, 15) is 14.0 Å². The number of ether oxygens (including phenoxy) is 1. The quantitative estimate of drug-likeness (QED) is 0.276. The fourth-order valence-corrected chi connectivity index (χ4v) is 1.31. The van der Waals surface area contributed by atoms with Gasteiger partial charge in [0.1, 0.15) is 5.82 Å². The van der Waals surface area contributed by atoms with Crippen LogP contribution in [0.25, 0.3) is 0 Å². The third kappa shape index (κ3) is 3.65. The van der Waals surface area contributed by atoms with Crippen molar-refractivity contribution < 1.29 is 18.7 Å². The van der Waals surface area contributed by atoms with E-state index in [1.807, 2.05) is 0 Å². The minimum Gasteiger partial charge on any atom is -0.461 e. The van der Waals surface area contributed by atoms with Crippen LogP contribution in [0.4, 0.5) is 4.39 Å². The molecular weight excluding hydrogens is 239 g/mol. The van der Waals surface area contributed by atoms with Crippen LogP contribution in [0.15, 0.2) is 29.4 Å². The SMILES string of the molecule is CCOC(=O)/C(=N\N)C(=O)Cc1ccc(F)cc1. The Labute approximate surface area is 103 Å². The van der Waals surface area contributed by atoms with Crippen LogP contribution in [0, 0.1) is 5.82 Å². The first-order valence-corrected chi connectivity index (χ1v) is 5.31. The number of rotatable bonds is 5. The van der Waals surface area contributed by atoms with E-state index < -0.39 is 23.3 Å². The van der Waals surface area contributed by atoms with Crippen molar-refractivity contribution in [3.63, 3.8) is 0 Å². The van der Waals surface area contributed by atoms with Crippen molar-refractivity contribution in [1.82, 2.24) is 0 Å². The van der Waals surface area contributed by atoms with Crippen molar-refractivity contribution in [2.24, 2.45) is 10.9 Å². The molecule has 0 saturated carbocycles. The molecule has 18 heavy (non-hydrogen) atoms. The molecule has 0 amide bonds. The lowest BCUT2D eigenvalue weighted by molar-refractivity contribution is -0.135. The molecule has 0 aliphatic carbocycles. The van der Waals surface area contributed by atoms with Crippen LogP contribution < -0.4 is 5.84 Å². The number of hydrazone groups is 1. The highest BCUT2D eigenvalue weighted by Gasteiger charge is 2.21. The van der Waals surface area contributed by atoms with Crippen LogP contribution in [-0.2, 0) is 20.7 Å². The van der Waals surface area contributed by atoms with Gasteiger partial charge in [-0.3, -0.25) is 4.79 Å². The standard InChI is InChI=1S/C12H13FN2O3/c1-2-18-12(17)11(15-14)10(16)7-8-3-5-9(13)6-4-8/h3-6H,2,7,14H2,1H3/b15-11-. The van der Waals surface area contributed by atoms with Crippen LogP contribution >= 0.6 is 0 Å². The Morgan fingerprint density at radius 1 is 1.33 bits per heavy atom. The summed E-state index contributed by atoms with van der Waals surface area (Å²) in [5.74, 6) is 3.17. The van der Waals surface area contributed by atoms with Gasteiger partial charge in [-0.1, -0.05) is 12.1 Å². The summed E-state index contributed by atoms with van der Waals surface area (Å²) in [5.41, 5.74) is 0.119. The van der Waals surface area contributed by atoms with Gasteiger partial charge >= 0.3 is 5.97 Å². The molecule has 0 radical (unpaired) electrons. The molecular formula is C12H13FN2O3. The Balaban J connectivity index is 2.75. The van der Waals surface area contributed by atoms with Gasteiger partial charge in [0.05, 0.1) is 6.61 Å². The molecule has 1 aromatic carbocycles. The van der Waals surface area contributed by atoms with E-state index in [1.54, 1.807) is 6.92 Å². The third-order valence-electron chi connectivity index (χ3n) is 2.14. The lowest BCUT2D eigenvalue weighted by atomic mass is 10.1. The van der Waals surface area contributed by atoms with E-state index in [0.29, 0.717) is 5.56 Å². The molecule has 0 aliphatic rings. The number of Topliss-reactive ketones (excluding diaryl/α,β-unsaturated/α-hetero) is 1. The largest absolute Gasteiger partial charge is 0.461 e. The fourth-order valence-electron chi connectivity index (χ4n) is 1.31. The number of hydrogen-bond donors (Lipinski definition) is 1. The van der Waals surface area contributed by atoms with E-state index in [2.05, 4.69) is 9.84 Å². The number of benzene rings is 1. The monoisotopic (exact) mass is 252 g/mol. The number of esters is 1. The first-order valence-electron chi connectivity index (χ1n) is 5.31. The summed E-state index contributed by atoms with van der Waals surface area (Å²) in [5, 5.41) is 3.14. The summed E-state index contributed by atoms with van der Waals surface area (Å²) in [6, 6.07) is 5.36. The van der Waals surface area contributed by atoms with E-state index in [0.717, 1.165) is 0 Å². The summed E-state index contributed by atoms with van der Waals surface area (Å²) in [4.78, 5) is 23.1. The van der Waals surface area contributed by atoms with Crippen molar-refractivity contribution in [3.8, 4) is 0 Å². The predicted molar refractivity (Wildman–Crippen MR) is 63.4 cm³/mol. The van der Waals surface area contributed by atoms with Crippen LogP contribution in [0.3, 0.4) is 0 Å². The number of halogens is 1. The predicted octanol–water partition coefficient (Wildman–Crippen LogP) is 0.815. The highest BCUT2D eigenvalue weighted by atomic mass is 19.1. The van der Waals surface area contributed by atoms with Gasteiger partial charge in [-0.2, -0.15) is 5.10 Å². The van der Waals surface area contributed by atoms with Crippen molar-refractivity contribution >= 4 is 17.5 Å². The Kier molecular flexibility index (Phi) is 4.98. The number of carbonyl (C=O) groups excluding carboxylic acids is 2. The van der Waals surface area contributed by atoms with Crippen LogP contribution in [-0.4, -0.2) is 24.1 Å². The molecule has 0 aromatic heterocycles. The second-order valence-corrected chi connectivity index (χ2v) is 3.42. The van der Waals surface area contributed by atoms with Crippen LogP contribution in [0.2, 0.25) is 0 Å². The molecule has 0 saturated heterocycles. The molecule has 0 unspecified atom stereocenters. The van der Waals surface area contributed by atoms with Gasteiger partial charge in [-0.25, -0.2) is 9.18 Å². The summed E-state index contributed by atoms with van der Waals surface area (Å²) in [6.45, 7) is 1.73. The summed E-state index contributed by atoms with van der Waals surface area (Å²) >= 11 is 0. The summed E-state index contributed by atoms with van der Waals surface area (Å²) in [7, 11) is 0. The maximum Gasteiger partial charge on any atom is 0.362 e. The number of nitrogens with two attached hydrogens (primary N) is 1. The van der Waals surface area contributed by atoms with Crippen molar-refractivity contribution in [3.05, 3.63) is 35.6 Å². The minimum absolute atomic E-state index is 0.0882. The average Bonchev–Trinajstić information content (AvgIpc) is 2.33. The molecule has 5 nitrogen and oxygen atoms in total. The fraction of sp³-hybridized carbons (Fsp3) is 0.250. The lowest BCUT2D eigenvalue weighted by Crippen LogP contribution is -2.29. The Bertz CT molecular complexity index is 469. The first kappa shape index (κ1) is 13.8. The van der Waals surface area contributed by atoms with Crippen LogP contribution in [0.1, 0.15) is 12.5 Å². The van der Waals surface area contributed by atoms with Crippen molar-refractivity contribution in [2.45, 2.75) is 13.3 Å². The molecule has 96 valence electrons. The van der Waals surface area contributed by atoms with Gasteiger partial charge in [-0.05, 0) is 24.6 Å². The summed E-state index contributed by atoms with van der Waals surface area (Å²) < 4.78 is 17.3. The molecule has 1 aromatic rings. The zero-order valence-corrected chi connectivity index (χ0v) is 9.85. The van der Waals surface area contributed by atoms with Gasteiger partial charge < -0.3 is 10.6 Å². The van der Waals surface area contributed by atoms with E-state index in [4.69, 9.17) is 5.84 Å². The number of carbonyl (C=O) groups is 2. The zero-order chi connectivity index (χ0) is 13.5. The van der Waals surface area contributed by atoms with Crippen LogP contribution in [0.5, 0.6) is 0 Å². The van der Waals surface area contributed by atoms with Gasteiger partial charge in [0.15, 0.2) is 5.78 Å². The average molecular weight is 252 g/mol. The summed E-state index contributed by atoms with van der Waals surface area (Å²) in [6.07, 6.45) is -0.0882. The smallest absolute Gasteiger partial charge is 0.362 e. The van der Waals surface area contributed by atoms with Gasteiger partial charge in [-0.15, -0.1) is 0 Å². The topological polar surface area (TPSA) is 81.8 Å². The highest BCUT2D eigenvalue weighted by molar-refractivity contribution is 6.64. The maximum atomic E-state index is 12.7. The van der Waals surface area contributed by atoms with Crippen molar-refractivity contribution in [2.75, 3.05) is 6.61 Å². The van der Waals surface area contributed by atoms with E-state index >= 15 is 0 Å². The molecule has 0 bridgehead atoms. The molecule has 0 aliphatic heterocycles. The molecule has 0 spiro atoms. The Morgan fingerprint density at radius 2 is 1.94 bits per heavy atom. The van der Waals surface area contributed by atoms with Gasteiger partial charge in [0, 0.05) is 6.42 Å². The third-order valence-corrected chi connectivity index (χ3v) is 2.14. The minimum atomic E-state index is -0.855.